The lowest BCUT2D eigenvalue weighted by molar-refractivity contribution is -0.301. The van der Waals surface area contributed by atoms with Crippen molar-refractivity contribution in [3.8, 4) is 0 Å². The zero-order valence-electron chi connectivity index (χ0n) is 11.9. The molecule has 11 heteroatoms. The minimum absolute atomic E-state index is 0.329. The number of aliphatic hydroxyl groups excluding tert-OH is 4. The van der Waals surface area contributed by atoms with Crippen LogP contribution >= 0.6 is 0 Å². The van der Waals surface area contributed by atoms with Gasteiger partial charge in [-0.3, -0.25) is 0 Å². The van der Waals surface area contributed by atoms with Gasteiger partial charge in [-0.2, -0.15) is 0 Å². The van der Waals surface area contributed by atoms with E-state index >= 15 is 0 Å². The third kappa shape index (κ3) is 4.34. The smallest absolute Gasteiger partial charge is 0.353 e. The largest absolute Gasteiger partial charge is 0.478 e. The summed E-state index contributed by atoms with van der Waals surface area (Å²) >= 11 is 0. The molecule has 0 aliphatic carbocycles. The van der Waals surface area contributed by atoms with Gasteiger partial charge in [-0.05, 0) is 6.42 Å². The molecule has 0 amide bonds. The van der Waals surface area contributed by atoms with Crippen LogP contribution in [0.3, 0.4) is 0 Å². The third-order valence-electron chi connectivity index (χ3n) is 3.47. The van der Waals surface area contributed by atoms with Gasteiger partial charge in [0, 0.05) is 6.42 Å². The number of carbonyl (C=O) groups is 2. The van der Waals surface area contributed by atoms with Crippen LogP contribution in [0.2, 0.25) is 0 Å². The Labute approximate surface area is 129 Å². The van der Waals surface area contributed by atoms with Crippen LogP contribution in [0.5, 0.6) is 0 Å². The summed E-state index contributed by atoms with van der Waals surface area (Å²) in [4.78, 5) is 21.2. The van der Waals surface area contributed by atoms with E-state index in [1.54, 1.807) is 0 Å². The lowest BCUT2D eigenvalue weighted by Crippen LogP contribution is -2.59. The second-order valence-corrected chi connectivity index (χ2v) is 5.08. The first-order valence-electron chi connectivity index (χ1n) is 6.73. The monoisotopic (exact) mass is 342 g/mol. The van der Waals surface area contributed by atoms with Crippen molar-refractivity contribution in [2.75, 3.05) is 13.2 Å². The average Bonchev–Trinajstić information content (AvgIpc) is 2.50. The number of aliphatic carboxylic acids is 2. The predicted octanol–water partition coefficient (Wildman–Crippen LogP) is -2.54. The van der Waals surface area contributed by atoms with Crippen LogP contribution in [0.15, 0.2) is 0 Å². The van der Waals surface area contributed by atoms with E-state index in [4.69, 9.17) is 24.8 Å². The molecule has 5 atom stereocenters. The summed E-state index contributed by atoms with van der Waals surface area (Å²) in [5, 5.41) is 54.8. The van der Waals surface area contributed by atoms with Gasteiger partial charge in [-0.1, -0.05) is 0 Å². The van der Waals surface area contributed by atoms with Gasteiger partial charge in [-0.25, -0.2) is 14.0 Å². The fraction of sp³-hybridized carbons (Fsp3) is 0.833. The molecule has 0 radical (unpaired) electrons. The molecule has 6 N–H and O–H groups in total. The Kier molecular flexibility index (Phi) is 6.80. The first-order valence-corrected chi connectivity index (χ1v) is 6.73. The van der Waals surface area contributed by atoms with Crippen LogP contribution in [-0.4, -0.2) is 92.2 Å². The van der Waals surface area contributed by atoms with E-state index in [0.717, 1.165) is 0 Å². The van der Waals surface area contributed by atoms with E-state index in [1.807, 2.05) is 0 Å². The summed E-state index contributed by atoms with van der Waals surface area (Å²) in [6.45, 7) is -1.04. The van der Waals surface area contributed by atoms with Crippen molar-refractivity contribution in [3.63, 3.8) is 0 Å². The van der Waals surface area contributed by atoms with Gasteiger partial charge in [0.05, 0.1) is 13.2 Å². The first kappa shape index (κ1) is 19.7. The number of hydrogen-bond acceptors (Lipinski definition) is 8. The number of ether oxygens (including phenoxy) is 2. The number of alkyl halides is 1. The van der Waals surface area contributed by atoms with Crippen LogP contribution in [0.25, 0.3) is 0 Å². The molecule has 23 heavy (non-hydrogen) atoms. The zero-order chi connectivity index (χ0) is 17.8. The SMILES string of the molecule is O=C(O)C(F)(CCCOC1O[C@H](CO)[C@@H](O)[C@H](O)[C@@H]1O)C(=O)O. The Hall–Kier alpha value is -1.37. The van der Waals surface area contributed by atoms with E-state index in [1.165, 1.54) is 0 Å². The molecular formula is C12H19FO10. The van der Waals surface area contributed by atoms with Gasteiger partial charge in [0.2, 0.25) is 0 Å². The molecule has 0 bridgehead atoms. The van der Waals surface area contributed by atoms with E-state index < -0.39 is 61.3 Å². The number of carboxylic acid groups (broad SMARTS) is 2. The Balaban J connectivity index is 2.52. The Morgan fingerprint density at radius 3 is 2.13 bits per heavy atom. The van der Waals surface area contributed by atoms with Gasteiger partial charge < -0.3 is 40.1 Å². The molecule has 0 spiro atoms. The highest BCUT2D eigenvalue weighted by Crippen LogP contribution is 2.23. The van der Waals surface area contributed by atoms with Crippen molar-refractivity contribution < 1.29 is 54.1 Å². The molecule has 0 aromatic carbocycles. The Morgan fingerprint density at radius 1 is 1.09 bits per heavy atom. The standard InChI is InChI=1S/C12H19FO10/c13-12(10(18)19,11(20)21)2-1-3-22-9-8(17)7(16)6(15)5(4-14)23-9/h5-9,14-17H,1-4H2,(H,18,19)(H,20,21)/t5-,6-,7+,8+,9?/m1/s1. The summed E-state index contributed by atoms with van der Waals surface area (Å²) in [6.07, 6.45) is -8.71. The van der Waals surface area contributed by atoms with Crippen molar-refractivity contribution >= 4 is 11.9 Å². The predicted molar refractivity (Wildman–Crippen MR) is 68.1 cm³/mol. The van der Waals surface area contributed by atoms with E-state index in [2.05, 4.69) is 0 Å². The summed E-state index contributed by atoms with van der Waals surface area (Å²) < 4.78 is 23.7. The number of carboxylic acids is 2. The molecular weight excluding hydrogens is 323 g/mol. The second-order valence-electron chi connectivity index (χ2n) is 5.08. The van der Waals surface area contributed by atoms with Crippen molar-refractivity contribution in [1.29, 1.82) is 0 Å². The topological polar surface area (TPSA) is 174 Å². The highest BCUT2D eigenvalue weighted by molar-refractivity contribution is 6.01. The highest BCUT2D eigenvalue weighted by Gasteiger charge is 2.47. The maximum Gasteiger partial charge on any atom is 0.353 e. The molecule has 134 valence electrons. The third-order valence-corrected chi connectivity index (χ3v) is 3.47. The fourth-order valence-electron chi connectivity index (χ4n) is 2.03. The molecule has 1 aliphatic heterocycles. The van der Waals surface area contributed by atoms with Gasteiger partial charge in [0.15, 0.2) is 6.29 Å². The van der Waals surface area contributed by atoms with Crippen LogP contribution in [0, 0.1) is 0 Å². The second kappa shape index (κ2) is 7.95. The first-order chi connectivity index (χ1) is 10.6. The maximum absolute atomic E-state index is 13.7. The number of halogens is 1. The van der Waals surface area contributed by atoms with Crippen LogP contribution in [0.4, 0.5) is 4.39 Å². The summed E-state index contributed by atoms with van der Waals surface area (Å²) in [5.41, 5.74) is -3.46. The van der Waals surface area contributed by atoms with Crippen molar-refractivity contribution in [3.05, 3.63) is 0 Å². The molecule has 0 aromatic rings. The Morgan fingerprint density at radius 2 is 1.65 bits per heavy atom. The molecule has 0 aromatic heterocycles. The number of rotatable bonds is 8. The normalized spacial score (nSPS) is 31.8. The number of aliphatic hydroxyl groups is 4. The maximum atomic E-state index is 13.7. The summed E-state index contributed by atoms with van der Waals surface area (Å²) in [6, 6.07) is 0. The molecule has 1 unspecified atom stereocenters. The van der Waals surface area contributed by atoms with Crippen LogP contribution < -0.4 is 0 Å². The minimum Gasteiger partial charge on any atom is -0.478 e. The molecule has 1 saturated heterocycles. The van der Waals surface area contributed by atoms with E-state index in [9.17, 15) is 29.3 Å². The highest BCUT2D eigenvalue weighted by atomic mass is 19.1. The number of hydrogen-bond donors (Lipinski definition) is 6. The van der Waals surface area contributed by atoms with E-state index in [-0.39, 0.29) is 13.0 Å². The van der Waals surface area contributed by atoms with E-state index in [0.29, 0.717) is 0 Å². The van der Waals surface area contributed by atoms with Gasteiger partial charge >= 0.3 is 17.6 Å². The molecule has 1 fully saturated rings. The van der Waals surface area contributed by atoms with Gasteiger partial charge in [-0.15, -0.1) is 0 Å². The van der Waals surface area contributed by atoms with Crippen LogP contribution in [-0.2, 0) is 19.1 Å². The average molecular weight is 342 g/mol. The van der Waals surface area contributed by atoms with Crippen LogP contribution in [0.1, 0.15) is 12.8 Å². The molecule has 1 heterocycles. The lowest BCUT2D eigenvalue weighted by atomic mass is 9.99. The lowest BCUT2D eigenvalue weighted by Gasteiger charge is -2.39. The van der Waals surface area contributed by atoms with Crippen molar-refractivity contribution in [2.24, 2.45) is 0 Å². The molecule has 10 nitrogen and oxygen atoms in total. The van der Waals surface area contributed by atoms with Gasteiger partial charge in [0.25, 0.3) is 0 Å². The van der Waals surface area contributed by atoms with Gasteiger partial charge in [0.1, 0.15) is 24.4 Å². The fourth-order valence-corrected chi connectivity index (χ4v) is 2.03. The summed E-state index contributed by atoms with van der Waals surface area (Å²) in [7, 11) is 0. The van der Waals surface area contributed by atoms with Crippen molar-refractivity contribution in [2.45, 2.75) is 49.2 Å². The Bertz CT molecular complexity index is 414. The zero-order valence-corrected chi connectivity index (χ0v) is 11.9. The molecule has 1 aliphatic rings. The molecule has 1 rings (SSSR count). The molecule has 0 saturated carbocycles. The minimum atomic E-state index is -3.46. The quantitative estimate of drug-likeness (QED) is 0.204. The van der Waals surface area contributed by atoms with Crippen molar-refractivity contribution in [1.82, 2.24) is 0 Å². The summed E-state index contributed by atoms with van der Waals surface area (Å²) in [5.74, 6) is -4.28.